The van der Waals surface area contributed by atoms with E-state index in [4.69, 9.17) is 5.26 Å². The van der Waals surface area contributed by atoms with Crippen LogP contribution in [0.25, 0.3) is 0 Å². The summed E-state index contributed by atoms with van der Waals surface area (Å²) in [4.78, 5) is 16.3. The van der Waals surface area contributed by atoms with Gasteiger partial charge in [-0.15, -0.1) is 0 Å². The predicted molar refractivity (Wildman–Crippen MR) is 61.4 cm³/mol. The summed E-state index contributed by atoms with van der Waals surface area (Å²) in [5.41, 5.74) is 0.861. The second kappa shape index (κ2) is 3.54. The zero-order chi connectivity index (χ0) is 11.9. The van der Waals surface area contributed by atoms with Gasteiger partial charge in [0.2, 0.25) is 5.91 Å². The molecule has 0 radical (unpaired) electrons. The van der Waals surface area contributed by atoms with E-state index in [9.17, 15) is 4.79 Å². The fourth-order valence-corrected chi connectivity index (χ4v) is 2.70. The average molecular weight is 228 g/mol. The van der Waals surface area contributed by atoms with Gasteiger partial charge in [-0.1, -0.05) is 6.07 Å². The zero-order valence-electron chi connectivity index (χ0n) is 9.29. The summed E-state index contributed by atoms with van der Waals surface area (Å²) in [6.07, 6.45) is 1.58. The molecular weight excluding hydrogens is 216 g/mol. The van der Waals surface area contributed by atoms with E-state index in [1.54, 1.807) is 6.07 Å². The van der Waals surface area contributed by atoms with Crippen molar-refractivity contribution in [2.75, 3.05) is 18.4 Å². The molecule has 86 valence electrons. The maximum Gasteiger partial charge on any atom is 0.236 e. The van der Waals surface area contributed by atoms with E-state index < -0.39 is 5.41 Å². The molecule has 1 saturated heterocycles. The molecule has 0 saturated carbocycles. The van der Waals surface area contributed by atoms with Crippen LogP contribution in [0.4, 0.5) is 5.82 Å². The normalized spacial score (nSPS) is 20.8. The van der Waals surface area contributed by atoms with Crippen LogP contribution < -0.4 is 10.6 Å². The van der Waals surface area contributed by atoms with Gasteiger partial charge in [0, 0.05) is 5.56 Å². The molecule has 1 aromatic heterocycles. The van der Waals surface area contributed by atoms with Crippen molar-refractivity contribution in [1.29, 1.82) is 5.26 Å². The van der Waals surface area contributed by atoms with Gasteiger partial charge >= 0.3 is 0 Å². The highest BCUT2D eigenvalue weighted by Gasteiger charge is 2.47. The number of hydrogen-bond donors (Lipinski definition) is 2. The number of amides is 1. The minimum atomic E-state index is -0.429. The summed E-state index contributed by atoms with van der Waals surface area (Å²) in [5, 5.41) is 14.9. The first-order valence-electron chi connectivity index (χ1n) is 5.70. The molecule has 0 bridgehead atoms. The van der Waals surface area contributed by atoms with Gasteiger partial charge in [0.1, 0.15) is 17.6 Å². The fraction of sp³-hybridized carbons (Fsp3) is 0.417. The number of aromatic nitrogens is 1. The van der Waals surface area contributed by atoms with Crippen molar-refractivity contribution in [2.45, 2.75) is 18.3 Å². The molecule has 2 N–H and O–H groups in total. The molecule has 3 rings (SSSR count). The molecule has 1 amide bonds. The van der Waals surface area contributed by atoms with E-state index in [-0.39, 0.29) is 5.91 Å². The van der Waals surface area contributed by atoms with Crippen LogP contribution in [0.3, 0.4) is 0 Å². The Labute approximate surface area is 98.8 Å². The first-order chi connectivity index (χ1) is 8.26. The summed E-state index contributed by atoms with van der Waals surface area (Å²) >= 11 is 0. The van der Waals surface area contributed by atoms with Crippen LogP contribution >= 0.6 is 0 Å². The lowest BCUT2D eigenvalue weighted by atomic mass is 9.74. The van der Waals surface area contributed by atoms with Gasteiger partial charge in [0.15, 0.2) is 0 Å². The van der Waals surface area contributed by atoms with Gasteiger partial charge in [-0.05, 0) is 32.0 Å². The van der Waals surface area contributed by atoms with Crippen LogP contribution in [0, 0.1) is 11.3 Å². The van der Waals surface area contributed by atoms with E-state index in [1.807, 2.05) is 12.1 Å². The number of nitrogens with zero attached hydrogens (tertiary/aromatic N) is 2. The van der Waals surface area contributed by atoms with Crippen molar-refractivity contribution in [1.82, 2.24) is 10.3 Å². The lowest BCUT2D eigenvalue weighted by Gasteiger charge is -2.31. The number of carbonyl (C=O) groups excluding carboxylic acids is 1. The topological polar surface area (TPSA) is 77.8 Å². The molecule has 1 aromatic rings. The Bertz CT molecular complexity index is 526. The molecule has 3 heterocycles. The summed E-state index contributed by atoms with van der Waals surface area (Å²) in [6.45, 7) is 1.68. The molecule has 0 unspecified atom stereocenters. The van der Waals surface area contributed by atoms with Gasteiger partial charge in [0.05, 0.1) is 5.41 Å². The van der Waals surface area contributed by atoms with Gasteiger partial charge in [-0.3, -0.25) is 4.79 Å². The van der Waals surface area contributed by atoms with Gasteiger partial charge in [-0.25, -0.2) is 4.98 Å². The molecule has 1 spiro atoms. The lowest BCUT2D eigenvalue weighted by molar-refractivity contribution is -0.121. The Morgan fingerprint density at radius 3 is 2.82 bits per heavy atom. The van der Waals surface area contributed by atoms with Gasteiger partial charge in [0.25, 0.3) is 0 Å². The van der Waals surface area contributed by atoms with Crippen LogP contribution in [0.15, 0.2) is 12.1 Å². The van der Waals surface area contributed by atoms with Crippen LogP contribution in [-0.2, 0) is 10.2 Å². The highest BCUT2D eigenvalue weighted by atomic mass is 16.2. The second-order valence-electron chi connectivity index (χ2n) is 4.49. The molecule has 5 nitrogen and oxygen atoms in total. The van der Waals surface area contributed by atoms with Crippen LogP contribution in [-0.4, -0.2) is 24.0 Å². The third kappa shape index (κ3) is 1.34. The summed E-state index contributed by atoms with van der Waals surface area (Å²) < 4.78 is 0. The summed E-state index contributed by atoms with van der Waals surface area (Å²) in [7, 11) is 0. The van der Waals surface area contributed by atoms with Crippen molar-refractivity contribution < 1.29 is 4.79 Å². The molecule has 1 fully saturated rings. The third-order valence-electron chi connectivity index (χ3n) is 3.65. The first-order valence-corrected chi connectivity index (χ1v) is 5.70. The van der Waals surface area contributed by atoms with Crippen molar-refractivity contribution in [3.05, 3.63) is 23.4 Å². The number of nitriles is 1. The first kappa shape index (κ1) is 10.2. The Kier molecular flexibility index (Phi) is 2.13. The van der Waals surface area contributed by atoms with E-state index in [0.717, 1.165) is 31.5 Å². The number of fused-ring (bicyclic) bond motifs is 2. The molecular formula is C12H12N4O. The molecule has 5 heteroatoms. The number of pyridine rings is 1. The highest BCUT2D eigenvalue weighted by molar-refractivity contribution is 6.05. The number of anilines is 1. The molecule has 0 atom stereocenters. The molecule has 2 aliphatic heterocycles. The molecule has 0 aromatic carbocycles. The number of carbonyl (C=O) groups is 1. The van der Waals surface area contributed by atoms with E-state index >= 15 is 0 Å². The van der Waals surface area contributed by atoms with Crippen LogP contribution in [0.5, 0.6) is 0 Å². The van der Waals surface area contributed by atoms with E-state index in [1.165, 1.54) is 0 Å². The third-order valence-corrected chi connectivity index (χ3v) is 3.65. The van der Waals surface area contributed by atoms with Crippen molar-refractivity contribution in [3.8, 4) is 6.07 Å². The Hall–Kier alpha value is -1.93. The Morgan fingerprint density at radius 2 is 2.12 bits per heavy atom. The summed E-state index contributed by atoms with van der Waals surface area (Å²) in [5.74, 6) is 0.590. The van der Waals surface area contributed by atoms with Crippen molar-refractivity contribution >= 4 is 11.7 Å². The largest absolute Gasteiger partial charge is 0.317 e. The minimum absolute atomic E-state index is 0.0246. The van der Waals surface area contributed by atoms with Gasteiger partial charge < -0.3 is 10.6 Å². The van der Waals surface area contributed by atoms with Gasteiger partial charge in [-0.2, -0.15) is 5.26 Å². The second-order valence-corrected chi connectivity index (χ2v) is 4.49. The Balaban J connectivity index is 2.10. The van der Waals surface area contributed by atoms with E-state index in [0.29, 0.717) is 11.5 Å². The Morgan fingerprint density at radius 1 is 1.35 bits per heavy atom. The van der Waals surface area contributed by atoms with Crippen LogP contribution in [0.2, 0.25) is 0 Å². The number of piperidine rings is 1. The molecule has 0 aliphatic carbocycles. The maximum absolute atomic E-state index is 12.1. The fourth-order valence-electron chi connectivity index (χ4n) is 2.70. The monoisotopic (exact) mass is 228 g/mol. The maximum atomic E-state index is 12.1. The quantitative estimate of drug-likeness (QED) is 0.679. The van der Waals surface area contributed by atoms with E-state index in [2.05, 4.69) is 15.6 Å². The standard InChI is InChI=1S/C12H12N4O/c13-7-8-1-2-9-10(15-8)16-11(17)12(9)3-5-14-6-4-12/h1-2,14H,3-6H2,(H,15,16,17). The predicted octanol–water partition coefficient (Wildman–Crippen LogP) is 0.527. The molecule has 17 heavy (non-hydrogen) atoms. The zero-order valence-corrected chi connectivity index (χ0v) is 9.29. The number of rotatable bonds is 0. The van der Waals surface area contributed by atoms with Crippen molar-refractivity contribution in [3.63, 3.8) is 0 Å². The smallest absolute Gasteiger partial charge is 0.236 e. The summed E-state index contributed by atoms with van der Waals surface area (Å²) in [6, 6.07) is 5.54. The SMILES string of the molecule is N#Cc1ccc2c(n1)NC(=O)C21CCNCC1. The average Bonchev–Trinajstić information content (AvgIpc) is 2.63. The molecule has 2 aliphatic rings. The highest BCUT2D eigenvalue weighted by Crippen LogP contribution is 2.42. The minimum Gasteiger partial charge on any atom is -0.317 e. The van der Waals surface area contributed by atoms with Crippen LogP contribution in [0.1, 0.15) is 24.1 Å². The lowest BCUT2D eigenvalue weighted by Crippen LogP contribution is -2.44. The number of hydrogen-bond acceptors (Lipinski definition) is 4. The number of nitrogens with one attached hydrogen (secondary N) is 2. The van der Waals surface area contributed by atoms with Crippen molar-refractivity contribution in [2.24, 2.45) is 0 Å².